The quantitative estimate of drug-likeness (QED) is 0.293. The Balaban J connectivity index is 0.00000341. The van der Waals surface area contributed by atoms with E-state index >= 15 is 0 Å². The summed E-state index contributed by atoms with van der Waals surface area (Å²) < 4.78 is 18.9. The van der Waals surface area contributed by atoms with E-state index in [0.717, 1.165) is 54.8 Å². The summed E-state index contributed by atoms with van der Waals surface area (Å²) in [6, 6.07) is 6.85. The van der Waals surface area contributed by atoms with Crippen molar-refractivity contribution in [3.63, 3.8) is 0 Å². The van der Waals surface area contributed by atoms with Crippen molar-refractivity contribution in [1.82, 2.24) is 20.5 Å². The summed E-state index contributed by atoms with van der Waals surface area (Å²) in [4.78, 5) is 13.1. The number of hydrogen-bond donors (Lipinski definition) is 2. The Hall–Kier alpha value is -1.30. The highest BCUT2D eigenvalue weighted by Crippen LogP contribution is 2.23. The molecule has 0 radical (unpaired) electrons. The lowest BCUT2D eigenvalue weighted by molar-refractivity contribution is 0.0179. The fraction of sp³-hybridized carbons (Fsp3) is 0.545. The summed E-state index contributed by atoms with van der Waals surface area (Å²) in [6.45, 7) is 11.5. The van der Waals surface area contributed by atoms with Gasteiger partial charge in [-0.3, -0.25) is 9.89 Å². The molecule has 172 valence electrons. The third-order valence-corrected chi connectivity index (χ3v) is 6.34. The number of nitrogens with zero attached hydrogens (tertiary/aromatic N) is 3. The number of nitrogens with one attached hydrogen (secondary N) is 2. The lowest BCUT2D eigenvalue weighted by Crippen LogP contribution is -2.42. The molecular weight excluding hydrogens is 528 g/mol. The smallest absolute Gasteiger partial charge is 0.191 e. The molecule has 9 heteroatoms. The van der Waals surface area contributed by atoms with Gasteiger partial charge in [-0.1, -0.05) is 12.1 Å². The summed E-state index contributed by atoms with van der Waals surface area (Å²) in [6.07, 6.45) is 0.870. The van der Waals surface area contributed by atoms with E-state index in [0.29, 0.717) is 19.8 Å². The van der Waals surface area contributed by atoms with Crippen molar-refractivity contribution in [1.29, 1.82) is 0 Å². The van der Waals surface area contributed by atoms with Crippen LogP contribution in [0.3, 0.4) is 0 Å². The fourth-order valence-electron chi connectivity index (χ4n) is 3.46. The SMILES string of the molecule is CCNC(=NCC(c1ccc(F)cc1)N1CCOCC1)NCCc1nc(C)c(C)s1.I. The van der Waals surface area contributed by atoms with Crippen LogP contribution in [0.15, 0.2) is 29.3 Å². The molecule has 0 aliphatic carbocycles. The minimum absolute atomic E-state index is 0. The number of aromatic nitrogens is 1. The molecule has 2 aromatic rings. The Morgan fingerprint density at radius 2 is 1.94 bits per heavy atom. The molecule has 1 aliphatic heterocycles. The molecule has 2 N–H and O–H groups in total. The van der Waals surface area contributed by atoms with E-state index < -0.39 is 0 Å². The molecule has 0 spiro atoms. The summed E-state index contributed by atoms with van der Waals surface area (Å²) in [7, 11) is 0. The second kappa shape index (κ2) is 13.3. The molecule has 0 amide bonds. The highest BCUT2D eigenvalue weighted by molar-refractivity contribution is 14.0. The van der Waals surface area contributed by atoms with Crippen LogP contribution >= 0.6 is 35.3 Å². The van der Waals surface area contributed by atoms with Gasteiger partial charge in [0, 0.05) is 37.5 Å². The molecule has 1 aromatic carbocycles. The Kier molecular flexibility index (Phi) is 11.1. The van der Waals surface area contributed by atoms with Gasteiger partial charge in [-0.05, 0) is 38.5 Å². The van der Waals surface area contributed by atoms with Crippen LogP contribution in [0.5, 0.6) is 0 Å². The highest BCUT2D eigenvalue weighted by atomic mass is 127. The molecule has 6 nitrogen and oxygen atoms in total. The van der Waals surface area contributed by atoms with Gasteiger partial charge >= 0.3 is 0 Å². The molecule has 1 unspecified atom stereocenters. The van der Waals surface area contributed by atoms with Crippen molar-refractivity contribution in [2.45, 2.75) is 33.2 Å². The Labute approximate surface area is 205 Å². The molecule has 0 saturated carbocycles. The Morgan fingerprint density at radius 1 is 1.23 bits per heavy atom. The largest absolute Gasteiger partial charge is 0.379 e. The molecule has 0 bridgehead atoms. The number of thiazole rings is 1. The zero-order valence-corrected chi connectivity index (χ0v) is 21.6. The molecule has 3 rings (SSSR count). The van der Waals surface area contributed by atoms with Gasteiger partial charge in [-0.25, -0.2) is 9.37 Å². The molecule has 1 aromatic heterocycles. The maximum Gasteiger partial charge on any atom is 0.191 e. The highest BCUT2D eigenvalue weighted by Gasteiger charge is 2.22. The zero-order chi connectivity index (χ0) is 21.3. The van der Waals surface area contributed by atoms with Gasteiger partial charge in [-0.2, -0.15) is 0 Å². The minimum Gasteiger partial charge on any atom is -0.379 e. The number of ether oxygens (including phenoxy) is 1. The molecular formula is C22H33FIN5OS. The second-order valence-corrected chi connectivity index (χ2v) is 8.65. The van der Waals surface area contributed by atoms with E-state index in [1.165, 1.54) is 17.0 Å². The van der Waals surface area contributed by atoms with Crippen LogP contribution in [-0.4, -0.2) is 61.8 Å². The van der Waals surface area contributed by atoms with Gasteiger partial charge in [-0.15, -0.1) is 35.3 Å². The van der Waals surface area contributed by atoms with Crippen LogP contribution in [0, 0.1) is 19.7 Å². The third kappa shape index (κ3) is 7.96. The first-order chi connectivity index (χ1) is 14.6. The van der Waals surface area contributed by atoms with Crippen molar-refractivity contribution in [2.75, 3.05) is 45.9 Å². The van der Waals surface area contributed by atoms with Crippen LogP contribution in [0.1, 0.15) is 34.1 Å². The summed E-state index contributed by atoms with van der Waals surface area (Å²) in [5, 5.41) is 7.89. The summed E-state index contributed by atoms with van der Waals surface area (Å²) in [5.41, 5.74) is 2.19. The first kappa shape index (κ1) is 26.0. The number of hydrogen-bond acceptors (Lipinski definition) is 5. The lowest BCUT2D eigenvalue weighted by Gasteiger charge is -2.34. The van der Waals surface area contributed by atoms with Crippen LogP contribution in [0.25, 0.3) is 0 Å². The molecule has 31 heavy (non-hydrogen) atoms. The van der Waals surface area contributed by atoms with Gasteiger partial charge in [0.05, 0.1) is 36.5 Å². The molecule has 1 aliphatic rings. The Bertz CT molecular complexity index is 804. The maximum absolute atomic E-state index is 13.4. The van der Waals surface area contributed by atoms with Gasteiger partial charge in [0.15, 0.2) is 5.96 Å². The zero-order valence-electron chi connectivity index (χ0n) is 18.5. The normalized spacial score (nSPS) is 15.9. The molecule has 1 atom stereocenters. The monoisotopic (exact) mass is 561 g/mol. The van der Waals surface area contributed by atoms with Crippen molar-refractivity contribution < 1.29 is 9.13 Å². The topological polar surface area (TPSA) is 61.8 Å². The average Bonchev–Trinajstić information content (AvgIpc) is 3.07. The lowest BCUT2D eigenvalue weighted by atomic mass is 10.0. The second-order valence-electron chi connectivity index (χ2n) is 7.36. The first-order valence-electron chi connectivity index (χ1n) is 10.6. The standard InChI is InChI=1S/C22H32FN5OS.HI/c1-4-24-22(25-10-9-21-27-16(2)17(3)30-21)26-15-20(28-11-13-29-14-12-28)18-5-7-19(23)8-6-18;/h5-8,20H,4,9-15H2,1-3H3,(H2,24,25,26);1H. The number of rotatable bonds is 8. The van der Waals surface area contributed by atoms with Crippen molar-refractivity contribution in [2.24, 2.45) is 4.99 Å². The van der Waals surface area contributed by atoms with Gasteiger partial charge in [0.2, 0.25) is 0 Å². The maximum atomic E-state index is 13.4. The van der Waals surface area contributed by atoms with E-state index in [1.54, 1.807) is 11.3 Å². The average molecular weight is 562 g/mol. The van der Waals surface area contributed by atoms with Crippen LogP contribution < -0.4 is 10.6 Å². The Morgan fingerprint density at radius 3 is 2.55 bits per heavy atom. The van der Waals surface area contributed by atoms with E-state index in [9.17, 15) is 4.39 Å². The van der Waals surface area contributed by atoms with Gasteiger partial charge in [0.1, 0.15) is 5.82 Å². The predicted octanol–water partition coefficient (Wildman–Crippen LogP) is 3.69. The van der Waals surface area contributed by atoms with Crippen LogP contribution in [0.4, 0.5) is 4.39 Å². The van der Waals surface area contributed by atoms with E-state index in [1.807, 2.05) is 12.1 Å². The van der Waals surface area contributed by atoms with Crippen molar-refractivity contribution in [3.05, 3.63) is 51.2 Å². The molecule has 2 heterocycles. The van der Waals surface area contributed by atoms with Crippen LogP contribution in [-0.2, 0) is 11.2 Å². The summed E-state index contributed by atoms with van der Waals surface area (Å²) in [5.74, 6) is 0.577. The van der Waals surface area contributed by atoms with E-state index in [-0.39, 0.29) is 35.8 Å². The molecule has 1 fully saturated rings. The first-order valence-corrected chi connectivity index (χ1v) is 11.4. The number of benzene rings is 1. The van der Waals surface area contributed by atoms with E-state index in [2.05, 4.69) is 41.3 Å². The molecule has 1 saturated heterocycles. The van der Waals surface area contributed by atoms with Gasteiger partial charge in [0.25, 0.3) is 0 Å². The number of morpholine rings is 1. The number of guanidine groups is 1. The predicted molar refractivity (Wildman–Crippen MR) is 136 cm³/mol. The number of halogens is 2. The third-order valence-electron chi connectivity index (χ3n) is 5.21. The van der Waals surface area contributed by atoms with Crippen molar-refractivity contribution in [3.8, 4) is 0 Å². The van der Waals surface area contributed by atoms with E-state index in [4.69, 9.17) is 9.73 Å². The van der Waals surface area contributed by atoms with Gasteiger partial charge < -0.3 is 15.4 Å². The minimum atomic E-state index is -0.217. The number of aryl methyl sites for hydroxylation is 2. The fourth-order valence-corrected chi connectivity index (χ4v) is 4.39. The summed E-state index contributed by atoms with van der Waals surface area (Å²) >= 11 is 1.75. The van der Waals surface area contributed by atoms with Crippen molar-refractivity contribution >= 4 is 41.3 Å². The number of aliphatic imine (C=N–C) groups is 1. The van der Waals surface area contributed by atoms with Crippen LogP contribution in [0.2, 0.25) is 0 Å².